The predicted molar refractivity (Wildman–Crippen MR) is 92.8 cm³/mol. The number of aryl methyl sites for hydroxylation is 2. The lowest BCUT2D eigenvalue weighted by Gasteiger charge is -2.07. The third kappa shape index (κ3) is 3.49. The summed E-state index contributed by atoms with van der Waals surface area (Å²) in [6.45, 7) is 1.30. The van der Waals surface area contributed by atoms with Crippen molar-refractivity contribution in [3.05, 3.63) is 45.3 Å². The number of carbonyl (C=O) groups excluding carboxylic acids is 2. The first-order valence-corrected chi connectivity index (χ1v) is 8.62. The maximum atomic E-state index is 12.0. The van der Waals surface area contributed by atoms with E-state index in [1.54, 1.807) is 13.0 Å². The van der Waals surface area contributed by atoms with Crippen LogP contribution in [-0.2, 0) is 22.4 Å². The standard InChI is InChI=1S/C18H16N2O4S/c1-10-5-6-12(14(21)7-10)18(23)24-9-16(22)20-17-13(8-19)11-3-2-4-15(11)25-17/h5-7,21H,2-4,9H2,1H3,(H,20,22). The number of amides is 1. The molecule has 0 radical (unpaired) electrons. The van der Waals surface area contributed by atoms with Crippen LogP contribution < -0.4 is 5.32 Å². The summed E-state index contributed by atoms with van der Waals surface area (Å²) in [5, 5.41) is 22.2. The van der Waals surface area contributed by atoms with Crippen LogP contribution in [0.3, 0.4) is 0 Å². The molecule has 0 aliphatic heterocycles. The van der Waals surface area contributed by atoms with Crippen molar-refractivity contribution >= 4 is 28.2 Å². The summed E-state index contributed by atoms with van der Waals surface area (Å²) in [7, 11) is 0. The summed E-state index contributed by atoms with van der Waals surface area (Å²) < 4.78 is 4.94. The van der Waals surface area contributed by atoms with Gasteiger partial charge in [-0.3, -0.25) is 4.79 Å². The number of aromatic hydroxyl groups is 1. The Labute approximate surface area is 148 Å². The van der Waals surface area contributed by atoms with Crippen molar-refractivity contribution < 1.29 is 19.4 Å². The number of esters is 1. The minimum atomic E-state index is -0.776. The molecule has 0 fully saturated rings. The highest BCUT2D eigenvalue weighted by atomic mass is 32.1. The molecule has 2 aromatic rings. The molecule has 1 aromatic carbocycles. The summed E-state index contributed by atoms with van der Waals surface area (Å²) in [5.41, 5.74) is 2.34. The first-order chi connectivity index (χ1) is 12.0. The average molecular weight is 356 g/mol. The first kappa shape index (κ1) is 17.0. The van der Waals surface area contributed by atoms with Gasteiger partial charge in [0.1, 0.15) is 22.4 Å². The van der Waals surface area contributed by atoms with Crippen LogP contribution >= 0.6 is 11.3 Å². The highest BCUT2D eigenvalue weighted by Crippen LogP contribution is 2.38. The minimum absolute atomic E-state index is 0.00575. The summed E-state index contributed by atoms with van der Waals surface area (Å²) in [6.07, 6.45) is 2.81. The molecule has 1 amide bonds. The van der Waals surface area contributed by atoms with Crippen molar-refractivity contribution in [1.29, 1.82) is 5.26 Å². The second-order valence-corrected chi connectivity index (χ2v) is 6.92. The zero-order valence-corrected chi connectivity index (χ0v) is 14.4. The molecule has 6 nitrogen and oxygen atoms in total. The fourth-order valence-corrected chi connectivity index (χ4v) is 4.05. The molecule has 0 saturated carbocycles. The molecule has 2 N–H and O–H groups in total. The van der Waals surface area contributed by atoms with Gasteiger partial charge in [-0.25, -0.2) is 4.79 Å². The van der Waals surface area contributed by atoms with Gasteiger partial charge in [-0.05, 0) is 49.4 Å². The Bertz CT molecular complexity index is 895. The fourth-order valence-electron chi connectivity index (χ4n) is 2.80. The Morgan fingerprint density at radius 3 is 2.92 bits per heavy atom. The number of thiophene rings is 1. The van der Waals surface area contributed by atoms with E-state index in [-0.39, 0.29) is 11.3 Å². The molecular weight excluding hydrogens is 340 g/mol. The minimum Gasteiger partial charge on any atom is -0.507 e. The number of fused-ring (bicyclic) bond motifs is 1. The fraction of sp³-hybridized carbons (Fsp3) is 0.278. The molecule has 25 heavy (non-hydrogen) atoms. The highest BCUT2D eigenvalue weighted by molar-refractivity contribution is 7.16. The van der Waals surface area contributed by atoms with Gasteiger partial charge in [-0.1, -0.05) is 6.07 Å². The Morgan fingerprint density at radius 1 is 1.40 bits per heavy atom. The third-order valence-electron chi connectivity index (χ3n) is 3.99. The van der Waals surface area contributed by atoms with Crippen molar-refractivity contribution in [2.75, 3.05) is 11.9 Å². The van der Waals surface area contributed by atoms with E-state index in [0.717, 1.165) is 35.3 Å². The summed E-state index contributed by atoms with van der Waals surface area (Å²) >= 11 is 1.40. The molecule has 0 spiro atoms. The Hall–Kier alpha value is -2.85. The maximum Gasteiger partial charge on any atom is 0.342 e. The van der Waals surface area contributed by atoms with Gasteiger partial charge >= 0.3 is 5.97 Å². The van der Waals surface area contributed by atoms with E-state index in [4.69, 9.17) is 4.74 Å². The number of nitrogens with zero attached hydrogens (tertiary/aromatic N) is 1. The molecule has 0 saturated heterocycles. The van der Waals surface area contributed by atoms with Crippen LogP contribution in [0.2, 0.25) is 0 Å². The van der Waals surface area contributed by atoms with E-state index < -0.39 is 18.5 Å². The van der Waals surface area contributed by atoms with Crippen LogP contribution in [0.15, 0.2) is 18.2 Å². The van der Waals surface area contributed by atoms with Crippen molar-refractivity contribution in [3.8, 4) is 11.8 Å². The summed E-state index contributed by atoms with van der Waals surface area (Å²) in [6, 6.07) is 6.70. The second-order valence-electron chi connectivity index (χ2n) is 5.82. The van der Waals surface area contributed by atoms with Crippen LogP contribution in [0, 0.1) is 18.3 Å². The number of hydrogen-bond acceptors (Lipinski definition) is 6. The lowest BCUT2D eigenvalue weighted by atomic mass is 10.1. The third-order valence-corrected chi connectivity index (χ3v) is 5.20. The van der Waals surface area contributed by atoms with Crippen LogP contribution in [0.4, 0.5) is 5.00 Å². The number of nitrogens with one attached hydrogen (secondary N) is 1. The van der Waals surface area contributed by atoms with Gasteiger partial charge in [0.05, 0.1) is 5.56 Å². The molecule has 1 heterocycles. The lowest BCUT2D eigenvalue weighted by molar-refractivity contribution is -0.119. The molecule has 128 valence electrons. The Kier molecular flexibility index (Phi) is 4.72. The largest absolute Gasteiger partial charge is 0.507 e. The molecule has 0 unspecified atom stereocenters. The number of rotatable bonds is 4. The monoisotopic (exact) mass is 356 g/mol. The van der Waals surface area contributed by atoms with Gasteiger partial charge < -0.3 is 15.2 Å². The Morgan fingerprint density at radius 2 is 2.20 bits per heavy atom. The van der Waals surface area contributed by atoms with E-state index in [1.807, 2.05) is 0 Å². The van der Waals surface area contributed by atoms with Gasteiger partial charge in [0.15, 0.2) is 6.61 Å². The average Bonchev–Trinajstić information content (AvgIpc) is 3.13. The molecule has 1 aliphatic carbocycles. The van der Waals surface area contributed by atoms with Gasteiger partial charge in [0.2, 0.25) is 0 Å². The highest BCUT2D eigenvalue weighted by Gasteiger charge is 2.23. The second kappa shape index (κ2) is 6.95. The molecule has 7 heteroatoms. The molecule has 0 bridgehead atoms. The molecule has 1 aliphatic rings. The Balaban J connectivity index is 1.62. The summed E-state index contributed by atoms with van der Waals surface area (Å²) in [5.74, 6) is -1.48. The number of hydrogen-bond donors (Lipinski definition) is 2. The van der Waals surface area contributed by atoms with Crippen molar-refractivity contribution in [2.45, 2.75) is 26.2 Å². The van der Waals surface area contributed by atoms with Crippen molar-refractivity contribution in [1.82, 2.24) is 0 Å². The van der Waals surface area contributed by atoms with E-state index in [2.05, 4.69) is 11.4 Å². The van der Waals surface area contributed by atoms with Crippen LogP contribution in [-0.4, -0.2) is 23.6 Å². The number of ether oxygens (including phenoxy) is 1. The molecule has 1 aromatic heterocycles. The molecular formula is C18H16N2O4S. The predicted octanol–water partition coefficient (Wildman–Crippen LogP) is 2.92. The number of phenols is 1. The van der Waals surface area contributed by atoms with Gasteiger partial charge in [0.25, 0.3) is 5.91 Å². The SMILES string of the molecule is Cc1ccc(C(=O)OCC(=O)Nc2sc3c(c2C#N)CCC3)c(O)c1. The first-order valence-electron chi connectivity index (χ1n) is 7.81. The summed E-state index contributed by atoms with van der Waals surface area (Å²) in [4.78, 5) is 25.1. The van der Waals surface area contributed by atoms with E-state index in [9.17, 15) is 20.0 Å². The number of nitriles is 1. The lowest BCUT2D eigenvalue weighted by Crippen LogP contribution is -2.21. The van der Waals surface area contributed by atoms with Crippen LogP contribution in [0.25, 0.3) is 0 Å². The smallest absolute Gasteiger partial charge is 0.342 e. The van der Waals surface area contributed by atoms with Crippen LogP contribution in [0.5, 0.6) is 5.75 Å². The van der Waals surface area contributed by atoms with E-state index in [0.29, 0.717) is 10.6 Å². The normalized spacial score (nSPS) is 12.3. The van der Waals surface area contributed by atoms with Crippen LogP contribution in [0.1, 0.15) is 38.3 Å². The van der Waals surface area contributed by atoms with E-state index >= 15 is 0 Å². The zero-order valence-electron chi connectivity index (χ0n) is 13.6. The topological polar surface area (TPSA) is 99.4 Å². The quantitative estimate of drug-likeness (QED) is 0.821. The van der Waals surface area contributed by atoms with Gasteiger partial charge in [0, 0.05) is 4.88 Å². The van der Waals surface area contributed by atoms with Crippen molar-refractivity contribution in [2.24, 2.45) is 0 Å². The van der Waals surface area contributed by atoms with Gasteiger partial charge in [-0.15, -0.1) is 11.3 Å². The van der Waals surface area contributed by atoms with Crippen molar-refractivity contribution in [3.63, 3.8) is 0 Å². The number of benzene rings is 1. The zero-order chi connectivity index (χ0) is 18.0. The molecule has 3 rings (SSSR count). The number of anilines is 1. The molecule has 0 atom stereocenters. The van der Waals surface area contributed by atoms with E-state index in [1.165, 1.54) is 23.5 Å². The maximum absolute atomic E-state index is 12.0. The van der Waals surface area contributed by atoms with Gasteiger partial charge in [-0.2, -0.15) is 5.26 Å². The number of carbonyl (C=O) groups is 2. The number of phenolic OH excluding ortho intramolecular Hbond substituents is 1.